The molecule has 3 N–H and O–H groups in total. The Morgan fingerprint density at radius 2 is 1.51 bits per heavy atom. The third kappa shape index (κ3) is 13.5. The molecule has 0 bridgehead atoms. The average Bonchev–Trinajstić information content (AvgIpc) is 3.12. The lowest BCUT2D eigenvalue weighted by Crippen LogP contribution is -2.31. The molecule has 8 nitrogen and oxygen atoms in total. The molecule has 3 unspecified atom stereocenters. The molecule has 1 aliphatic heterocycles. The number of unbranched alkanes of at least 4 members (excludes halogenated alkanes) is 12. The summed E-state index contributed by atoms with van der Waals surface area (Å²) < 4.78 is 12.9. The molecule has 3 aromatic rings. The summed E-state index contributed by atoms with van der Waals surface area (Å²) in [5.41, 5.74) is 3.43. The maximum absolute atomic E-state index is 12.8. The van der Waals surface area contributed by atoms with Gasteiger partial charge in [0, 0.05) is 36.0 Å². The number of aromatic nitrogens is 1. The summed E-state index contributed by atoms with van der Waals surface area (Å²) in [6.45, 7) is 2.22. The lowest BCUT2D eigenvalue weighted by molar-refractivity contribution is -0.245. The molecule has 0 radical (unpaired) electrons. The van der Waals surface area contributed by atoms with Crippen LogP contribution in [0.3, 0.4) is 0 Å². The second-order valence-electron chi connectivity index (χ2n) is 13.0. The third-order valence-corrected chi connectivity index (χ3v) is 10.1. The van der Waals surface area contributed by atoms with E-state index >= 15 is 0 Å². The normalized spacial score (nSPS) is 17.6. The number of ether oxygens (including phenoxy) is 2. The number of anilines is 1. The van der Waals surface area contributed by atoms with Crippen molar-refractivity contribution in [2.75, 3.05) is 11.1 Å². The van der Waals surface area contributed by atoms with Crippen molar-refractivity contribution in [3.05, 3.63) is 89.1 Å². The van der Waals surface area contributed by atoms with Crippen LogP contribution in [0.1, 0.15) is 143 Å². The van der Waals surface area contributed by atoms with Crippen LogP contribution in [0.5, 0.6) is 0 Å². The van der Waals surface area contributed by atoms with E-state index in [4.69, 9.17) is 9.47 Å². The van der Waals surface area contributed by atoms with E-state index < -0.39 is 12.3 Å². The molecule has 2 aromatic carbocycles. The highest BCUT2D eigenvalue weighted by atomic mass is 32.2. The first-order valence-corrected chi connectivity index (χ1v) is 19.2. The number of pyridine rings is 1. The number of aromatic carboxylic acids is 1. The zero-order valence-corrected chi connectivity index (χ0v) is 29.8. The monoisotopic (exact) mass is 690 g/mol. The second kappa shape index (κ2) is 21.8. The highest BCUT2D eigenvalue weighted by Crippen LogP contribution is 2.40. The number of nitrogens with zero attached hydrogens (tertiary/aromatic N) is 1. The van der Waals surface area contributed by atoms with Crippen LogP contribution in [0.15, 0.2) is 71.9 Å². The van der Waals surface area contributed by atoms with E-state index in [-0.39, 0.29) is 30.3 Å². The van der Waals surface area contributed by atoms with E-state index in [1.807, 2.05) is 48.5 Å². The number of rotatable bonds is 22. The van der Waals surface area contributed by atoms with E-state index in [0.717, 1.165) is 29.5 Å². The van der Waals surface area contributed by atoms with Crippen molar-refractivity contribution in [1.29, 1.82) is 0 Å². The smallest absolute Gasteiger partial charge is 0.338 e. The molecule has 0 aliphatic carbocycles. The molecule has 0 spiro atoms. The van der Waals surface area contributed by atoms with Crippen molar-refractivity contribution in [3.8, 4) is 0 Å². The number of carbonyl (C=O) groups is 2. The van der Waals surface area contributed by atoms with Gasteiger partial charge in [-0.25, -0.2) is 9.78 Å². The minimum absolute atomic E-state index is 0.00595. The molecule has 1 aliphatic rings. The van der Waals surface area contributed by atoms with Gasteiger partial charge in [-0.05, 0) is 41.8 Å². The number of nitrogens with one attached hydrogen (secondary N) is 1. The molecule has 49 heavy (non-hydrogen) atoms. The Hall–Kier alpha value is -3.24. The van der Waals surface area contributed by atoms with Gasteiger partial charge in [0.25, 0.3) is 0 Å². The summed E-state index contributed by atoms with van der Waals surface area (Å²) >= 11 is 1.35. The first-order valence-electron chi connectivity index (χ1n) is 18.2. The number of hydrogen-bond donors (Lipinski definition) is 3. The van der Waals surface area contributed by atoms with Crippen molar-refractivity contribution >= 4 is 29.3 Å². The largest absolute Gasteiger partial charge is 0.478 e. The second-order valence-corrected chi connectivity index (χ2v) is 14.0. The predicted molar refractivity (Wildman–Crippen MR) is 196 cm³/mol. The van der Waals surface area contributed by atoms with Gasteiger partial charge in [0.2, 0.25) is 5.91 Å². The Morgan fingerprint density at radius 1 is 0.837 bits per heavy atom. The predicted octanol–water partition coefficient (Wildman–Crippen LogP) is 10.0. The maximum Gasteiger partial charge on any atom is 0.338 e. The molecule has 9 heteroatoms. The number of thioether (sulfide) groups is 1. The lowest BCUT2D eigenvalue weighted by atomic mass is 10.0. The molecule has 3 atom stereocenters. The standard InChI is InChI=1S/C40H54N2O6S/c1-2-3-4-5-6-7-8-9-10-11-12-13-14-20-37(44)42-33-18-15-17-32(26-33)40-47-34(29-49-38-35(39(45)46)19-16-25-41-38)27-36(48-40)31-23-21-30(28-43)22-24-31/h15-19,21-26,34,36,40,43H,2-14,20,27-29H2,1H3,(H,42,44)(H,45,46). The topological polar surface area (TPSA) is 118 Å². The van der Waals surface area contributed by atoms with Crippen LogP contribution < -0.4 is 5.32 Å². The summed E-state index contributed by atoms with van der Waals surface area (Å²) in [7, 11) is 0. The molecular weight excluding hydrogens is 637 g/mol. The van der Waals surface area contributed by atoms with Gasteiger partial charge < -0.3 is 25.0 Å². The summed E-state index contributed by atoms with van der Waals surface area (Å²) in [6, 6.07) is 18.4. The van der Waals surface area contributed by atoms with Gasteiger partial charge >= 0.3 is 5.97 Å². The number of hydrogen-bond acceptors (Lipinski definition) is 7. The number of aliphatic hydroxyl groups excluding tert-OH is 1. The van der Waals surface area contributed by atoms with Gasteiger partial charge in [-0.15, -0.1) is 11.8 Å². The third-order valence-electron chi connectivity index (χ3n) is 8.97. The van der Waals surface area contributed by atoms with Crippen LogP contribution in [0, 0.1) is 0 Å². The van der Waals surface area contributed by atoms with Crippen LogP contribution in [-0.4, -0.2) is 38.9 Å². The minimum atomic E-state index is -1.02. The van der Waals surface area contributed by atoms with Gasteiger partial charge in [0.05, 0.1) is 24.4 Å². The molecule has 1 fully saturated rings. The Kier molecular flexibility index (Phi) is 17.1. The molecular formula is C40H54N2O6S. The molecule has 0 saturated carbocycles. The van der Waals surface area contributed by atoms with Crippen molar-refractivity contribution in [2.24, 2.45) is 0 Å². The summed E-state index contributed by atoms with van der Waals surface area (Å²) in [6.07, 6.45) is 17.9. The van der Waals surface area contributed by atoms with Crippen molar-refractivity contribution < 1.29 is 29.3 Å². The quantitative estimate of drug-likeness (QED) is 0.0704. The number of aliphatic hydroxyl groups is 1. The fourth-order valence-corrected chi connectivity index (χ4v) is 7.16. The maximum atomic E-state index is 12.8. The number of carbonyl (C=O) groups excluding carboxylic acids is 1. The minimum Gasteiger partial charge on any atom is -0.478 e. The number of carboxylic acid groups (broad SMARTS) is 1. The summed E-state index contributed by atoms with van der Waals surface area (Å²) in [5.74, 6) is -0.527. The van der Waals surface area contributed by atoms with Gasteiger partial charge in [-0.3, -0.25) is 4.79 Å². The highest BCUT2D eigenvalue weighted by Gasteiger charge is 2.33. The zero-order chi connectivity index (χ0) is 34.7. The Bertz CT molecular complexity index is 1420. The number of carboxylic acids is 1. The molecule has 2 heterocycles. The summed E-state index contributed by atoms with van der Waals surface area (Å²) in [5, 5.41) is 22.6. The van der Waals surface area contributed by atoms with E-state index in [1.165, 1.54) is 82.4 Å². The van der Waals surface area contributed by atoms with Crippen molar-refractivity contribution in [2.45, 2.75) is 133 Å². The number of benzene rings is 2. The fraction of sp³-hybridized carbons (Fsp3) is 0.525. The van der Waals surface area contributed by atoms with Crippen LogP contribution in [0.2, 0.25) is 0 Å². The SMILES string of the molecule is CCCCCCCCCCCCCCCC(=O)Nc1cccc(C2OC(CSc3ncccc3C(=O)O)CC(c3ccc(CO)cc3)O2)c1. The van der Waals surface area contributed by atoms with Crippen molar-refractivity contribution in [3.63, 3.8) is 0 Å². The van der Waals surface area contributed by atoms with Crippen molar-refractivity contribution in [1.82, 2.24) is 4.98 Å². The molecule has 1 aromatic heterocycles. The van der Waals surface area contributed by atoms with Crippen LogP contribution in [0.4, 0.5) is 5.69 Å². The molecule has 266 valence electrons. The van der Waals surface area contributed by atoms with Gasteiger partial charge in [0.1, 0.15) is 5.03 Å². The lowest BCUT2D eigenvalue weighted by Gasteiger charge is -2.36. The average molecular weight is 691 g/mol. The van der Waals surface area contributed by atoms with Gasteiger partial charge in [-0.1, -0.05) is 120 Å². The van der Waals surface area contributed by atoms with Crippen LogP contribution >= 0.6 is 11.8 Å². The Labute approximate surface area is 296 Å². The molecule has 1 amide bonds. The molecule has 4 rings (SSSR count). The fourth-order valence-electron chi connectivity index (χ4n) is 6.15. The van der Waals surface area contributed by atoms with E-state index in [9.17, 15) is 19.8 Å². The summed E-state index contributed by atoms with van der Waals surface area (Å²) in [4.78, 5) is 28.8. The van der Waals surface area contributed by atoms with Crippen LogP contribution in [-0.2, 0) is 20.9 Å². The van der Waals surface area contributed by atoms with Crippen LogP contribution in [0.25, 0.3) is 0 Å². The Morgan fingerprint density at radius 3 is 2.16 bits per heavy atom. The van der Waals surface area contributed by atoms with E-state index in [1.54, 1.807) is 18.3 Å². The zero-order valence-electron chi connectivity index (χ0n) is 29.0. The van der Waals surface area contributed by atoms with Gasteiger partial charge in [-0.2, -0.15) is 0 Å². The number of amides is 1. The first-order chi connectivity index (χ1) is 24.0. The highest BCUT2D eigenvalue weighted by molar-refractivity contribution is 7.99. The van der Waals surface area contributed by atoms with E-state index in [0.29, 0.717) is 29.3 Å². The van der Waals surface area contributed by atoms with Gasteiger partial charge in [0.15, 0.2) is 6.29 Å². The Balaban J connectivity index is 1.27. The first kappa shape index (κ1) is 38.6. The van der Waals surface area contributed by atoms with E-state index in [2.05, 4.69) is 17.2 Å². The molecule has 1 saturated heterocycles.